The highest BCUT2D eigenvalue weighted by Gasteiger charge is 2.00. The van der Waals surface area contributed by atoms with Crippen LogP contribution in [0.4, 0.5) is 5.82 Å². The molecule has 0 spiro atoms. The fraction of sp³-hybridized carbons (Fsp3) is 0.385. The van der Waals surface area contributed by atoms with Crippen LogP contribution in [0.15, 0.2) is 30.6 Å². The van der Waals surface area contributed by atoms with Gasteiger partial charge in [0.1, 0.15) is 5.82 Å². The maximum atomic E-state index is 4.05. The number of anilines is 1. The fourth-order valence-electron chi connectivity index (χ4n) is 1.13. The molecule has 2 aromatic rings. The number of nitrogens with zero attached hydrogens (tertiary/aromatic N) is 2. The Hall–Kier alpha value is -1.84. The third-order valence-corrected chi connectivity index (χ3v) is 1.83. The average molecular weight is 234 g/mol. The zero-order valence-electron chi connectivity index (χ0n) is 11.3. The molecule has 0 bridgehead atoms. The molecule has 2 heterocycles. The van der Waals surface area contributed by atoms with Gasteiger partial charge in [-0.2, -0.15) is 5.10 Å². The molecule has 0 aliphatic rings. The summed E-state index contributed by atoms with van der Waals surface area (Å²) in [7, 11) is 1.84. The summed E-state index contributed by atoms with van der Waals surface area (Å²) in [4.78, 5) is 3.95. The van der Waals surface area contributed by atoms with Crippen molar-refractivity contribution in [3.8, 4) is 11.3 Å². The zero-order valence-corrected chi connectivity index (χ0v) is 11.3. The summed E-state index contributed by atoms with van der Waals surface area (Å²) in [5.41, 5.74) is 2.08. The number of hydrogen-bond donors (Lipinski definition) is 2. The molecule has 0 atom stereocenters. The lowest BCUT2D eigenvalue weighted by molar-refractivity contribution is 1.09. The van der Waals surface area contributed by atoms with Gasteiger partial charge in [-0.1, -0.05) is 27.7 Å². The molecule has 0 radical (unpaired) electrons. The molecular formula is C13H22N4. The molecule has 0 aliphatic heterocycles. The highest BCUT2D eigenvalue weighted by Crippen LogP contribution is 2.17. The Morgan fingerprint density at radius 2 is 1.65 bits per heavy atom. The number of nitrogens with one attached hydrogen (secondary N) is 2. The van der Waals surface area contributed by atoms with Crippen LogP contribution in [0, 0.1) is 0 Å². The Morgan fingerprint density at radius 1 is 1.06 bits per heavy atom. The van der Waals surface area contributed by atoms with Gasteiger partial charge in [0, 0.05) is 31.1 Å². The van der Waals surface area contributed by atoms with Crippen LogP contribution in [0.3, 0.4) is 0 Å². The van der Waals surface area contributed by atoms with Gasteiger partial charge in [-0.3, -0.25) is 10.1 Å². The highest BCUT2D eigenvalue weighted by molar-refractivity contribution is 5.61. The van der Waals surface area contributed by atoms with Crippen LogP contribution in [-0.4, -0.2) is 22.2 Å². The minimum absolute atomic E-state index is 0.840. The third-order valence-electron chi connectivity index (χ3n) is 1.83. The molecule has 0 aliphatic carbocycles. The van der Waals surface area contributed by atoms with Gasteiger partial charge in [-0.15, -0.1) is 0 Å². The van der Waals surface area contributed by atoms with Crippen molar-refractivity contribution < 1.29 is 0 Å². The van der Waals surface area contributed by atoms with Crippen molar-refractivity contribution in [1.29, 1.82) is 0 Å². The molecule has 94 valence electrons. The van der Waals surface area contributed by atoms with E-state index in [0.717, 1.165) is 17.1 Å². The molecule has 0 saturated heterocycles. The molecule has 0 amide bonds. The van der Waals surface area contributed by atoms with E-state index >= 15 is 0 Å². The molecule has 2 N–H and O–H groups in total. The minimum Gasteiger partial charge on any atom is -0.372 e. The predicted molar refractivity (Wildman–Crippen MR) is 74.1 cm³/mol. The summed E-state index contributed by atoms with van der Waals surface area (Å²) in [5.74, 6) is 0.840. The Balaban J connectivity index is 0.000000581. The van der Waals surface area contributed by atoms with Crippen LogP contribution in [0.5, 0.6) is 0 Å². The summed E-state index contributed by atoms with van der Waals surface area (Å²) in [6.07, 6.45) is 3.52. The van der Waals surface area contributed by atoms with Crippen LogP contribution in [0.1, 0.15) is 27.7 Å². The highest BCUT2D eigenvalue weighted by atomic mass is 15.2. The number of rotatable bonds is 2. The molecule has 4 nitrogen and oxygen atoms in total. The quantitative estimate of drug-likeness (QED) is 0.835. The number of pyridine rings is 1. The second-order valence-corrected chi connectivity index (χ2v) is 2.65. The van der Waals surface area contributed by atoms with Crippen molar-refractivity contribution in [2.45, 2.75) is 27.7 Å². The summed E-state index contributed by atoms with van der Waals surface area (Å²) in [6.45, 7) is 8.00. The fourth-order valence-corrected chi connectivity index (χ4v) is 1.13. The maximum Gasteiger partial charge on any atom is 0.148 e. The first-order chi connectivity index (χ1) is 8.40. The van der Waals surface area contributed by atoms with E-state index in [1.165, 1.54) is 0 Å². The van der Waals surface area contributed by atoms with E-state index in [4.69, 9.17) is 0 Å². The van der Waals surface area contributed by atoms with Crippen LogP contribution in [0.2, 0.25) is 0 Å². The number of aromatic nitrogens is 3. The molecule has 0 unspecified atom stereocenters. The zero-order chi connectivity index (χ0) is 13.1. The Morgan fingerprint density at radius 3 is 2.12 bits per heavy atom. The van der Waals surface area contributed by atoms with E-state index in [0.29, 0.717) is 0 Å². The van der Waals surface area contributed by atoms with Crippen molar-refractivity contribution in [2.24, 2.45) is 0 Å². The Bertz CT molecular complexity index is 381. The smallest absolute Gasteiger partial charge is 0.148 e. The summed E-state index contributed by atoms with van der Waals surface area (Å²) in [6, 6.07) is 5.83. The second-order valence-electron chi connectivity index (χ2n) is 2.65. The Kier molecular flexibility index (Phi) is 8.37. The van der Waals surface area contributed by atoms with E-state index in [9.17, 15) is 0 Å². The van der Waals surface area contributed by atoms with Gasteiger partial charge < -0.3 is 5.32 Å². The second kappa shape index (κ2) is 9.39. The van der Waals surface area contributed by atoms with Gasteiger partial charge in [0.2, 0.25) is 0 Å². The van der Waals surface area contributed by atoms with Crippen LogP contribution in [0.25, 0.3) is 11.3 Å². The number of hydrogen-bond acceptors (Lipinski definition) is 3. The van der Waals surface area contributed by atoms with Gasteiger partial charge in [0.05, 0.1) is 5.69 Å². The molecular weight excluding hydrogens is 212 g/mol. The number of H-pyrrole nitrogens is 1. The van der Waals surface area contributed by atoms with E-state index in [1.54, 1.807) is 12.4 Å². The van der Waals surface area contributed by atoms with Gasteiger partial charge in [-0.25, -0.2) is 0 Å². The van der Waals surface area contributed by atoms with E-state index in [1.807, 2.05) is 52.9 Å². The lowest BCUT2D eigenvalue weighted by Crippen LogP contribution is -1.85. The first-order valence-corrected chi connectivity index (χ1v) is 6.03. The standard InChI is InChI=1S/C9H10N4.2C2H6/c1-10-9-6-8(12-13-9)7-2-4-11-5-3-7;2*1-2/h2-6H,1H3,(H2,10,12,13);2*1-2H3. The van der Waals surface area contributed by atoms with E-state index in [2.05, 4.69) is 20.5 Å². The first kappa shape index (κ1) is 15.2. The molecule has 0 saturated carbocycles. The van der Waals surface area contributed by atoms with E-state index < -0.39 is 0 Å². The van der Waals surface area contributed by atoms with Crippen LogP contribution < -0.4 is 5.32 Å². The van der Waals surface area contributed by atoms with Gasteiger partial charge in [-0.05, 0) is 12.1 Å². The van der Waals surface area contributed by atoms with Crippen LogP contribution >= 0.6 is 0 Å². The predicted octanol–water partition coefficient (Wildman–Crippen LogP) is 3.57. The first-order valence-electron chi connectivity index (χ1n) is 6.03. The molecule has 0 fully saturated rings. The topological polar surface area (TPSA) is 53.6 Å². The summed E-state index contributed by atoms with van der Waals surface area (Å²) < 4.78 is 0. The van der Waals surface area contributed by atoms with Gasteiger partial charge >= 0.3 is 0 Å². The normalized spacial score (nSPS) is 8.29. The lowest BCUT2D eigenvalue weighted by Gasteiger charge is -1.93. The van der Waals surface area contributed by atoms with Gasteiger partial charge in [0.25, 0.3) is 0 Å². The summed E-state index contributed by atoms with van der Waals surface area (Å²) >= 11 is 0. The molecule has 4 heteroatoms. The average Bonchev–Trinajstić information content (AvgIpc) is 2.93. The number of aromatic amines is 1. The molecule has 17 heavy (non-hydrogen) atoms. The molecule has 2 aromatic heterocycles. The lowest BCUT2D eigenvalue weighted by atomic mass is 10.2. The monoisotopic (exact) mass is 234 g/mol. The SMILES string of the molecule is CC.CC.CNc1cc(-c2ccncc2)[nH]n1. The Labute approximate surface area is 103 Å². The van der Waals surface area contributed by atoms with Crippen molar-refractivity contribution in [1.82, 2.24) is 15.2 Å². The molecule has 0 aromatic carbocycles. The molecule has 2 rings (SSSR count). The van der Waals surface area contributed by atoms with Crippen LogP contribution in [-0.2, 0) is 0 Å². The van der Waals surface area contributed by atoms with Crippen molar-refractivity contribution >= 4 is 5.82 Å². The van der Waals surface area contributed by atoms with E-state index in [-0.39, 0.29) is 0 Å². The third kappa shape index (κ3) is 4.68. The minimum atomic E-state index is 0.840. The van der Waals surface area contributed by atoms with Crippen molar-refractivity contribution in [2.75, 3.05) is 12.4 Å². The largest absolute Gasteiger partial charge is 0.372 e. The van der Waals surface area contributed by atoms with Crippen molar-refractivity contribution in [3.05, 3.63) is 30.6 Å². The maximum absolute atomic E-state index is 4.05. The van der Waals surface area contributed by atoms with Crippen molar-refractivity contribution in [3.63, 3.8) is 0 Å². The summed E-state index contributed by atoms with van der Waals surface area (Å²) in [5, 5.41) is 9.95. The van der Waals surface area contributed by atoms with Gasteiger partial charge in [0.15, 0.2) is 0 Å².